The molecule has 0 aromatic heterocycles. The lowest BCUT2D eigenvalue weighted by Crippen LogP contribution is -2.26. The molecule has 0 atom stereocenters. The molecule has 0 bridgehead atoms. The molecule has 0 heterocycles. The molecule has 0 fully saturated rings. The highest BCUT2D eigenvalue weighted by molar-refractivity contribution is 6.31. The third-order valence-electron chi connectivity index (χ3n) is 5.43. The fourth-order valence-electron chi connectivity index (χ4n) is 3.84. The lowest BCUT2D eigenvalue weighted by atomic mass is 9.98. The highest BCUT2D eigenvalue weighted by atomic mass is 35.5. The third kappa shape index (κ3) is 4.42. The first-order valence-electron chi connectivity index (χ1n) is 10.1. The summed E-state index contributed by atoms with van der Waals surface area (Å²) in [7, 11) is 0. The number of carbonyl (C=O) groups excluding carboxylic acids is 1. The van der Waals surface area contributed by atoms with Crippen LogP contribution in [-0.4, -0.2) is 19.2 Å². The van der Waals surface area contributed by atoms with Crippen LogP contribution in [-0.2, 0) is 4.74 Å². The fourth-order valence-corrected chi connectivity index (χ4v) is 4.03. The first-order chi connectivity index (χ1) is 14.6. The largest absolute Gasteiger partial charge is 0.449 e. The topological polar surface area (TPSA) is 38.3 Å². The summed E-state index contributed by atoms with van der Waals surface area (Å²) in [6.07, 6.45) is 4.36. The average Bonchev–Trinajstić information content (AvgIpc) is 3.08. The van der Waals surface area contributed by atoms with Crippen molar-refractivity contribution in [2.75, 3.05) is 13.2 Å². The SMILES string of the molecule is Cc1ccc(C=CCCNC(=O)OCC2c3ccccc3-c3ccccc32)cc1Cl. The Morgan fingerprint density at radius 1 is 1.03 bits per heavy atom. The molecule has 0 unspecified atom stereocenters. The summed E-state index contributed by atoms with van der Waals surface area (Å²) in [6.45, 7) is 2.83. The molecule has 4 rings (SSSR count). The zero-order valence-corrected chi connectivity index (χ0v) is 17.7. The Labute approximate surface area is 182 Å². The van der Waals surface area contributed by atoms with Crippen molar-refractivity contribution < 1.29 is 9.53 Å². The molecule has 0 spiro atoms. The number of rotatable bonds is 6. The van der Waals surface area contributed by atoms with Crippen LogP contribution in [0.15, 0.2) is 72.8 Å². The zero-order chi connectivity index (χ0) is 20.9. The van der Waals surface area contributed by atoms with E-state index in [1.54, 1.807) is 0 Å². The second-order valence-electron chi connectivity index (χ2n) is 7.45. The summed E-state index contributed by atoms with van der Waals surface area (Å²) >= 11 is 6.14. The first kappa shape index (κ1) is 20.2. The summed E-state index contributed by atoms with van der Waals surface area (Å²) in [5, 5.41) is 3.58. The van der Waals surface area contributed by atoms with Crippen LogP contribution in [0.25, 0.3) is 17.2 Å². The van der Waals surface area contributed by atoms with Crippen molar-refractivity contribution in [2.45, 2.75) is 19.3 Å². The van der Waals surface area contributed by atoms with Crippen molar-refractivity contribution in [1.29, 1.82) is 0 Å². The van der Waals surface area contributed by atoms with E-state index in [4.69, 9.17) is 16.3 Å². The number of carbonyl (C=O) groups is 1. The lowest BCUT2D eigenvalue weighted by Gasteiger charge is -2.14. The van der Waals surface area contributed by atoms with Gasteiger partial charge >= 0.3 is 6.09 Å². The molecular weight excluding hydrogens is 394 g/mol. The summed E-state index contributed by atoms with van der Waals surface area (Å²) < 4.78 is 5.54. The van der Waals surface area contributed by atoms with Crippen molar-refractivity contribution >= 4 is 23.8 Å². The van der Waals surface area contributed by atoms with Gasteiger partial charge in [0.05, 0.1) is 0 Å². The molecule has 0 radical (unpaired) electrons. The van der Waals surface area contributed by atoms with Gasteiger partial charge in [-0.15, -0.1) is 0 Å². The van der Waals surface area contributed by atoms with Gasteiger partial charge in [-0.3, -0.25) is 0 Å². The van der Waals surface area contributed by atoms with E-state index in [1.807, 2.05) is 61.5 Å². The predicted octanol–water partition coefficient (Wildman–Crippen LogP) is 6.59. The zero-order valence-electron chi connectivity index (χ0n) is 16.9. The molecule has 1 aliphatic carbocycles. The van der Waals surface area contributed by atoms with Crippen molar-refractivity contribution in [3.8, 4) is 11.1 Å². The van der Waals surface area contributed by atoms with Crippen LogP contribution in [0.4, 0.5) is 4.79 Å². The lowest BCUT2D eigenvalue weighted by molar-refractivity contribution is 0.143. The Balaban J connectivity index is 1.27. The van der Waals surface area contributed by atoms with Gasteiger partial charge in [0.15, 0.2) is 0 Å². The Kier molecular flexibility index (Phi) is 6.20. The van der Waals surface area contributed by atoms with E-state index in [0.29, 0.717) is 13.2 Å². The number of nitrogens with one attached hydrogen (secondary N) is 1. The van der Waals surface area contributed by atoms with E-state index in [1.165, 1.54) is 22.3 Å². The van der Waals surface area contributed by atoms with Crippen LogP contribution in [0.2, 0.25) is 5.02 Å². The van der Waals surface area contributed by atoms with E-state index in [0.717, 1.165) is 22.6 Å². The predicted molar refractivity (Wildman–Crippen MR) is 123 cm³/mol. The number of halogens is 1. The van der Waals surface area contributed by atoms with Crippen LogP contribution < -0.4 is 5.32 Å². The minimum absolute atomic E-state index is 0.0781. The second kappa shape index (κ2) is 9.19. The summed E-state index contributed by atoms with van der Waals surface area (Å²) in [5.74, 6) is 0.0781. The van der Waals surface area contributed by atoms with Gasteiger partial charge in [0.2, 0.25) is 0 Å². The van der Waals surface area contributed by atoms with Gasteiger partial charge in [0, 0.05) is 17.5 Å². The molecule has 3 aromatic carbocycles. The summed E-state index contributed by atoms with van der Waals surface area (Å²) in [6, 6.07) is 22.6. The Morgan fingerprint density at radius 3 is 2.37 bits per heavy atom. The molecule has 4 heteroatoms. The van der Waals surface area contributed by atoms with Gasteiger partial charge in [0.1, 0.15) is 6.61 Å². The van der Waals surface area contributed by atoms with E-state index in [9.17, 15) is 4.79 Å². The number of fused-ring (bicyclic) bond motifs is 3. The van der Waals surface area contributed by atoms with Crippen molar-refractivity contribution in [2.24, 2.45) is 0 Å². The maximum absolute atomic E-state index is 12.2. The van der Waals surface area contributed by atoms with Gasteiger partial charge in [-0.05, 0) is 52.8 Å². The van der Waals surface area contributed by atoms with E-state index in [-0.39, 0.29) is 12.0 Å². The van der Waals surface area contributed by atoms with E-state index < -0.39 is 0 Å². The second-order valence-corrected chi connectivity index (χ2v) is 7.86. The van der Waals surface area contributed by atoms with Gasteiger partial charge in [-0.25, -0.2) is 4.79 Å². The molecule has 0 saturated heterocycles. The minimum atomic E-state index is -0.386. The minimum Gasteiger partial charge on any atom is -0.449 e. The monoisotopic (exact) mass is 417 g/mol. The average molecular weight is 418 g/mol. The number of ether oxygens (including phenoxy) is 1. The Bertz CT molecular complexity index is 1040. The standard InChI is InChI=1S/C26H24ClNO2/c1-18-13-14-19(16-25(18)27)8-6-7-15-28-26(29)30-17-24-22-11-4-2-9-20(22)21-10-3-5-12-23(21)24/h2-6,8-14,16,24H,7,15,17H2,1H3,(H,28,29). The van der Waals surface area contributed by atoms with Gasteiger partial charge in [-0.2, -0.15) is 0 Å². The Morgan fingerprint density at radius 2 is 1.70 bits per heavy atom. The van der Waals surface area contributed by atoms with Crippen LogP contribution in [0.5, 0.6) is 0 Å². The molecule has 1 aliphatic rings. The van der Waals surface area contributed by atoms with Crippen molar-refractivity contribution in [3.05, 3.63) is 100 Å². The van der Waals surface area contributed by atoms with Crippen LogP contribution in [0.3, 0.4) is 0 Å². The molecular formula is C26H24ClNO2. The van der Waals surface area contributed by atoms with Gasteiger partial charge < -0.3 is 10.1 Å². The molecule has 3 aromatic rings. The van der Waals surface area contributed by atoms with Crippen LogP contribution >= 0.6 is 11.6 Å². The van der Waals surface area contributed by atoms with Gasteiger partial charge in [0.25, 0.3) is 0 Å². The molecule has 30 heavy (non-hydrogen) atoms. The number of alkyl carbamates (subject to hydrolysis) is 1. The van der Waals surface area contributed by atoms with Crippen molar-refractivity contribution in [3.63, 3.8) is 0 Å². The number of hydrogen-bond acceptors (Lipinski definition) is 2. The molecule has 1 N–H and O–H groups in total. The maximum Gasteiger partial charge on any atom is 0.407 e. The normalized spacial score (nSPS) is 12.6. The molecule has 1 amide bonds. The van der Waals surface area contributed by atoms with E-state index in [2.05, 4.69) is 29.6 Å². The summed E-state index contributed by atoms with van der Waals surface area (Å²) in [4.78, 5) is 12.2. The molecule has 3 nitrogen and oxygen atoms in total. The molecule has 0 aliphatic heterocycles. The number of benzene rings is 3. The highest BCUT2D eigenvalue weighted by Gasteiger charge is 2.28. The van der Waals surface area contributed by atoms with Gasteiger partial charge in [-0.1, -0.05) is 84.4 Å². The fraction of sp³-hybridized carbons (Fsp3) is 0.192. The number of amides is 1. The van der Waals surface area contributed by atoms with Crippen LogP contribution in [0.1, 0.15) is 34.6 Å². The van der Waals surface area contributed by atoms with Crippen molar-refractivity contribution in [1.82, 2.24) is 5.32 Å². The molecule has 152 valence electrons. The quantitative estimate of drug-likeness (QED) is 0.459. The van der Waals surface area contributed by atoms with E-state index >= 15 is 0 Å². The maximum atomic E-state index is 12.2. The first-order valence-corrected chi connectivity index (χ1v) is 10.5. The van der Waals surface area contributed by atoms with Crippen LogP contribution in [0, 0.1) is 6.92 Å². The third-order valence-corrected chi connectivity index (χ3v) is 5.84. The molecule has 0 saturated carbocycles. The number of aryl methyl sites for hydroxylation is 1. The smallest absolute Gasteiger partial charge is 0.407 e. The number of hydrogen-bond donors (Lipinski definition) is 1. The highest BCUT2D eigenvalue weighted by Crippen LogP contribution is 2.44. The Hall–Kier alpha value is -3.04. The summed E-state index contributed by atoms with van der Waals surface area (Å²) in [5.41, 5.74) is 6.99.